The van der Waals surface area contributed by atoms with Crippen LogP contribution in [0, 0.1) is 0 Å². The summed E-state index contributed by atoms with van der Waals surface area (Å²) in [5.41, 5.74) is 0. The predicted molar refractivity (Wildman–Crippen MR) is 87.2 cm³/mol. The van der Waals surface area contributed by atoms with E-state index in [1.165, 1.54) is 9.78 Å². The number of quaternary nitrogens is 2. The second-order valence-corrected chi connectivity index (χ2v) is 7.98. The van der Waals surface area contributed by atoms with Gasteiger partial charge in [-0.05, 0) is 32.9 Å². The highest BCUT2D eigenvalue weighted by Crippen LogP contribution is 2.20. The highest BCUT2D eigenvalue weighted by Gasteiger charge is 2.31. The number of halogens is 1. The van der Waals surface area contributed by atoms with Crippen LogP contribution in [0.15, 0.2) is 12.1 Å². The maximum atomic E-state index is 12.1. The molecule has 4 nitrogen and oxygen atoms in total. The van der Waals surface area contributed by atoms with Crippen molar-refractivity contribution in [2.75, 3.05) is 26.2 Å². The summed E-state index contributed by atoms with van der Waals surface area (Å²) in [4.78, 5) is 16.4. The van der Waals surface area contributed by atoms with Crippen molar-refractivity contribution in [2.45, 2.75) is 39.4 Å². The van der Waals surface area contributed by atoms with Crippen LogP contribution in [0.25, 0.3) is 0 Å². The summed E-state index contributed by atoms with van der Waals surface area (Å²) in [5.74, 6) is 0.175. The molecule has 1 aliphatic heterocycles. The first-order valence-corrected chi connectivity index (χ1v) is 8.88. The smallest absolute Gasteiger partial charge is 0.278 e. The van der Waals surface area contributed by atoms with E-state index in [9.17, 15) is 4.79 Å². The van der Waals surface area contributed by atoms with Gasteiger partial charge in [-0.2, -0.15) is 0 Å². The van der Waals surface area contributed by atoms with Gasteiger partial charge in [0.05, 0.1) is 9.21 Å². The van der Waals surface area contributed by atoms with Crippen molar-refractivity contribution in [3.05, 3.63) is 21.3 Å². The molecule has 6 heteroatoms. The Kier molecular flexibility index (Phi) is 6.05. The van der Waals surface area contributed by atoms with E-state index in [4.69, 9.17) is 11.6 Å². The summed E-state index contributed by atoms with van der Waals surface area (Å²) in [6.45, 7) is 11.5. The largest absolute Gasteiger partial charge is 0.349 e. The Balaban J connectivity index is 1.78. The molecule has 0 spiro atoms. The number of carbonyl (C=O) groups is 1. The third kappa shape index (κ3) is 4.95. The minimum atomic E-state index is 0.0464. The second kappa shape index (κ2) is 7.58. The number of nitrogens with one attached hydrogen (secondary N) is 3. The van der Waals surface area contributed by atoms with Crippen molar-refractivity contribution in [1.82, 2.24) is 5.32 Å². The number of rotatable bonds is 5. The zero-order valence-electron chi connectivity index (χ0n) is 13.0. The van der Waals surface area contributed by atoms with Crippen LogP contribution in [0.1, 0.15) is 25.6 Å². The van der Waals surface area contributed by atoms with Crippen molar-refractivity contribution in [3.8, 4) is 0 Å². The molecule has 0 unspecified atom stereocenters. The summed E-state index contributed by atoms with van der Waals surface area (Å²) in [6.07, 6.45) is 0. The lowest BCUT2D eigenvalue weighted by atomic mass is 10.2. The van der Waals surface area contributed by atoms with E-state index in [1.54, 1.807) is 16.2 Å². The van der Waals surface area contributed by atoms with E-state index < -0.39 is 0 Å². The van der Waals surface area contributed by atoms with E-state index in [-0.39, 0.29) is 18.0 Å². The number of hydrogen-bond acceptors (Lipinski definition) is 2. The Morgan fingerprint density at radius 1 is 1.29 bits per heavy atom. The van der Waals surface area contributed by atoms with Crippen molar-refractivity contribution < 1.29 is 14.6 Å². The van der Waals surface area contributed by atoms with E-state index in [2.05, 4.69) is 11.4 Å². The molecular formula is C15H26ClN3OS+2. The summed E-state index contributed by atoms with van der Waals surface area (Å²) in [6, 6.07) is 4.36. The van der Waals surface area contributed by atoms with Crippen LogP contribution in [0.4, 0.5) is 0 Å². The molecule has 1 aromatic heterocycles. The van der Waals surface area contributed by atoms with E-state index in [1.807, 2.05) is 26.8 Å². The summed E-state index contributed by atoms with van der Waals surface area (Å²) >= 11 is 7.65. The fourth-order valence-corrected chi connectivity index (χ4v) is 3.98. The fourth-order valence-electron chi connectivity index (χ4n) is 2.82. The molecule has 2 heterocycles. The van der Waals surface area contributed by atoms with E-state index >= 15 is 0 Å². The Morgan fingerprint density at radius 2 is 1.95 bits per heavy atom. The van der Waals surface area contributed by atoms with Gasteiger partial charge in [-0.3, -0.25) is 4.79 Å². The molecule has 0 bridgehead atoms. The van der Waals surface area contributed by atoms with Gasteiger partial charge in [0.1, 0.15) is 32.7 Å². The van der Waals surface area contributed by atoms with Gasteiger partial charge >= 0.3 is 0 Å². The minimum Gasteiger partial charge on any atom is -0.349 e. The lowest BCUT2D eigenvalue weighted by Gasteiger charge is -2.32. The minimum absolute atomic E-state index is 0.0464. The van der Waals surface area contributed by atoms with Crippen molar-refractivity contribution in [1.29, 1.82) is 0 Å². The summed E-state index contributed by atoms with van der Waals surface area (Å²) < 4.78 is 0.868. The standard InChI is InChI=1S/C15H24ClN3OS/c1-11(2)17-15(20)12(3)19-8-6-18(7-9-19)10-13-4-5-14(16)21-13/h4-5,11-12H,6-10H2,1-3H3,(H,17,20)/p+2/t12-/m0/s1. The molecular weight excluding hydrogens is 306 g/mol. The molecule has 2 rings (SSSR count). The molecule has 0 saturated carbocycles. The van der Waals surface area contributed by atoms with Gasteiger partial charge in [0, 0.05) is 6.04 Å². The van der Waals surface area contributed by atoms with Gasteiger partial charge in [0.2, 0.25) is 0 Å². The van der Waals surface area contributed by atoms with Crippen molar-refractivity contribution in [3.63, 3.8) is 0 Å². The lowest BCUT2D eigenvalue weighted by molar-refractivity contribution is -1.02. The molecule has 0 aliphatic carbocycles. The maximum Gasteiger partial charge on any atom is 0.278 e. The molecule has 1 aromatic rings. The first-order chi connectivity index (χ1) is 9.95. The number of thiophene rings is 1. The quantitative estimate of drug-likeness (QED) is 0.675. The number of piperazine rings is 1. The Bertz CT molecular complexity index is 469. The highest BCUT2D eigenvalue weighted by atomic mass is 35.5. The number of hydrogen-bond donors (Lipinski definition) is 3. The molecule has 1 saturated heterocycles. The average molecular weight is 332 g/mol. The average Bonchev–Trinajstić information content (AvgIpc) is 2.83. The van der Waals surface area contributed by atoms with Gasteiger partial charge in [0.25, 0.3) is 5.91 Å². The van der Waals surface area contributed by atoms with Gasteiger partial charge in [-0.25, -0.2) is 0 Å². The molecule has 1 atom stereocenters. The van der Waals surface area contributed by atoms with Gasteiger partial charge in [0.15, 0.2) is 6.04 Å². The monoisotopic (exact) mass is 331 g/mol. The van der Waals surface area contributed by atoms with Crippen LogP contribution in [-0.4, -0.2) is 44.2 Å². The van der Waals surface area contributed by atoms with Crippen molar-refractivity contribution in [2.24, 2.45) is 0 Å². The SMILES string of the molecule is CC(C)NC(=O)[C@H](C)[NH+]1CC[NH+](Cc2ccc(Cl)s2)CC1. The van der Waals surface area contributed by atoms with Crippen LogP contribution >= 0.6 is 22.9 Å². The van der Waals surface area contributed by atoms with Crippen LogP contribution in [-0.2, 0) is 11.3 Å². The van der Waals surface area contributed by atoms with Gasteiger partial charge < -0.3 is 15.1 Å². The van der Waals surface area contributed by atoms with Gasteiger partial charge in [-0.15, -0.1) is 11.3 Å². The second-order valence-electron chi connectivity index (χ2n) is 6.18. The normalized spacial score (nSPS) is 24.0. The van der Waals surface area contributed by atoms with Gasteiger partial charge in [-0.1, -0.05) is 11.6 Å². The van der Waals surface area contributed by atoms with Crippen LogP contribution in [0.5, 0.6) is 0 Å². The first-order valence-electron chi connectivity index (χ1n) is 7.68. The molecule has 3 N–H and O–H groups in total. The Morgan fingerprint density at radius 3 is 2.48 bits per heavy atom. The molecule has 1 aliphatic rings. The Labute approximate surface area is 136 Å². The lowest BCUT2D eigenvalue weighted by Crippen LogP contribution is -3.29. The molecule has 1 fully saturated rings. The topological polar surface area (TPSA) is 38.0 Å². The number of carbonyl (C=O) groups excluding carboxylic acids is 1. The molecule has 21 heavy (non-hydrogen) atoms. The van der Waals surface area contributed by atoms with E-state index in [0.29, 0.717) is 0 Å². The highest BCUT2D eigenvalue weighted by molar-refractivity contribution is 7.16. The predicted octanol–water partition coefficient (Wildman–Crippen LogP) is -0.402. The molecule has 0 radical (unpaired) electrons. The Hall–Kier alpha value is -0.620. The van der Waals surface area contributed by atoms with Crippen LogP contribution in [0.3, 0.4) is 0 Å². The first kappa shape index (κ1) is 16.7. The third-order valence-corrected chi connectivity index (χ3v) is 5.32. The fraction of sp³-hybridized carbons (Fsp3) is 0.667. The molecule has 118 valence electrons. The van der Waals surface area contributed by atoms with Crippen LogP contribution in [0.2, 0.25) is 4.34 Å². The zero-order valence-corrected chi connectivity index (χ0v) is 14.6. The summed E-state index contributed by atoms with van der Waals surface area (Å²) in [7, 11) is 0. The summed E-state index contributed by atoms with van der Waals surface area (Å²) in [5, 5.41) is 3.01. The van der Waals surface area contributed by atoms with Crippen molar-refractivity contribution >= 4 is 28.8 Å². The van der Waals surface area contributed by atoms with E-state index in [0.717, 1.165) is 37.1 Å². The number of amides is 1. The molecule has 0 aromatic carbocycles. The zero-order chi connectivity index (χ0) is 15.4. The van der Waals surface area contributed by atoms with Crippen LogP contribution < -0.4 is 15.1 Å². The maximum absolute atomic E-state index is 12.1. The molecule has 1 amide bonds. The third-order valence-electron chi connectivity index (χ3n) is 4.09.